The van der Waals surface area contributed by atoms with Gasteiger partial charge in [0, 0.05) is 24.0 Å². The minimum Gasteiger partial charge on any atom is -0.414 e. The van der Waals surface area contributed by atoms with Crippen molar-refractivity contribution in [3.8, 4) is 11.1 Å². The van der Waals surface area contributed by atoms with E-state index in [0.717, 1.165) is 11.1 Å². The van der Waals surface area contributed by atoms with Crippen LogP contribution in [0.5, 0.6) is 0 Å². The first-order chi connectivity index (χ1) is 14.4. The largest absolute Gasteiger partial charge is 0.414 e. The Morgan fingerprint density at radius 3 is 1.39 bits per heavy atom. The molecule has 31 heavy (non-hydrogen) atoms. The van der Waals surface area contributed by atoms with E-state index in [1.54, 1.807) is 0 Å². The smallest absolute Gasteiger partial charge is 0.311 e. The average molecular weight is 423 g/mol. The van der Waals surface area contributed by atoms with Gasteiger partial charge in [-0.15, -0.1) is 0 Å². The number of benzene rings is 2. The highest BCUT2D eigenvalue weighted by Crippen LogP contribution is 2.50. The molecule has 0 fully saturated rings. The Hall–Kier alpha value is -2.62. The summed E-state index contributed by atoms with van der Waals surface area (Å²) >= 11 is 0. The average Bonchev–Trinajstić information content (AvgIpc) is 2.94. The highest BCUT2D eigenvalue weighted by Gasteiger charge is 2.50. The van der Waals surface area contributed by atoms with E-state index in [4.69, 9.17) is 9.47 Å². The molecule has 1 aliphatic carbocycles. The van der Waals surface area contributed by atoms with Crippen LogP contribution < -0.4 is 0 Å². The highest BCUT2D eigenvalue weighted by atomic mass is 16.7. The SMILES string of the molecule is CC(C)(C)CCC(=O)OC1(OC(=O)CCC(C)(C)C)c2ccccc2-c2ccccc21. The lowest BCUT2D eigenvalue weighted by Gasteiger charge is -2.32. The van der Waals surface area contributed by atoms with Gasteiger partial charge in [0.15, 0.2) is 0 Å². The van der Waals surface area contributed by atoms with Crippen molar-refractivity contribution in [1.29, 1.82) is 0 Å². The molecule has 0 unspecified atom stereocenters. The molecule has 0 atom stereocenters. The summed E-state index contributed by atoms with van der Waals surface area (Å²) in [5, 5.41) is 0. The fourth-order valence-electron chi connectivity index (χ4n) is 3.77. The van der Waals surface area contributed by atoms with Crippen LogP contribution in [0, 0.1) is 10.8 Å². The second-order valence-electron chi connectivity index (χ2n) is 10.8. The molecule has 0 saturated heterocycles. The fourth-order valence-corrected chi connectivity index (χ4v) is 3.77. The zero-order valence-corrected chi connectivity index (χ0v) is 19.6. The van der Waals surface area contributed by atoms with Gasteiger partial charge in [-0.05, 0) is 34.8 Å². The number of hydrogen-bond acceptors (Lipinski definition) is 4. The maximum absolute atomic E-state index is 13.0. The van der Waals surface area contributed by atoms with Crippen LogP contribution >= 0.6 is 0 Å². The predicted octanol–water partition coefficient (Wildman–Crippen LogP) is 6.61. The normalized spacial score (nSPS) is 14.5. The number of esters is 2. The molecule has 2 aromatic rings. The summed E-state index contributed by atoms with van der Waals surface area (Å²) in [6.45, 7) is 12.5. The van der Waals surface area contributed by atoms with Gasteiger partial charge in [0.1, 0.15) is 0 Å². The number of carbonyl (C=O) groups is 2. The Balaban J connectivity index is 1.99. The molecule has 0 bridgehead atoms. The molecular weight excluding hydrogens is 388 g/mol. The van der Waals surface area contributed by atoms with Gasteiger partial charge in [-0.2, -0.15) is 0 Å². The molecule has 0 amide bonds. The third-order valence-electron chi connectivity index (χ3n) is 5.53. The Labute approximate surface area is 186 Å². The molecule has 2 aromatic carbocycles. The molecule has 0 aromatic heterocycles. The molecule has 0 aliphatic heterocycles. The monoisotopic (exact) mass is 422 g/mol. The minimum absolute atomic E-state index is 0.00105. The lowest BCUT2D eigenvalue weighted by molar-refractivity contribution is -0.218. The molecule has 0 saturated carbocycles. The lowest BCUT2D eigenvalue weighted by atomic mass is 9.90. The minimum atomic E-state index is -1.54. The van der Waals surface area contributed by atoms with Gasteiger partial charge in [-0.25, -0.2) is 0 Å². The van der Waals surface area contributed by atoms with Crippen molar-refractivity contribution < 1.29 is 19.1 Å². The molecule has 0 radical (unpaired) electrons. The molecule has 4 heteroatoms. The predicted molar refractivity (Wildman–Crippen MR) is 122 cm³/mol. The van der Waals surface area contributed by atoms with E-state index in [-0.39, 0.29) is 35.6 Å². The van der Waals surface area contributed by atoms with E-state index in [9.17, 15) is 9.59 Å². The topological polar surface area (TPSA) is 52.6 Å². The van der Waals surface area contributed by atoms with Gasteiger partial charge in [0.05, 0.1) is 0 Å². The van der Waals surface area contributed by atoms with Gasteiger partial charge in [0.25, 0.3) is 0 Å². The number of rotatable bonds is 6. The second kappa shape index (κ2) is 8.49. The van der Waals surface area contributed by atoms with Crippen LogP contribution in [-0.4, -0.2) is 11.9 Å². The van der Waals surface area contributed by atoms with E-state index >= 15 is 0 Å². The van der Waals surface area contributed by atoms with Crippen molar-refractivity contribution in [2.75, 3.05) is 0 Å². The first kappa shape index (κ1) is 23.1. The Morgan fingerprint density at radius 2 is 1.03 bits per heavy atom. The van der Waals surface area contributed by atoms with E-state index in [1.807, 2.05) is 48.5 Å². The molecule has 4 nitrogen and oxygen atoms in total. The van der Waals surface area contributed by atoms with Gasteiger partial charge in [0.2, 0.25) is 0 Å². The van der Waals surface area contributed by atoms with Crippen LogP contribution in [0.1, 0.15) is 78.4 Å². The summed E-state index contributed by atoms with van der Waals surface area (Å²) in [4.78, 5) is 25.9. The zero-order valence-electron chi connectivity index (χ0n) is 19.6. The van der Waals surface area contributed by atoms with Gasteiger partial charge in [-0.3, -0.25) is 9.59 Å². The van der Waals surface area contributed by atoms with E-state index in [2.05, 4.69) is 41.5 Å². The van der Waals surface area contributed by atoms with Crippen LogP contribution in [0.3, 0.4) is 0 Å². The van der Waals surface area contributed by atoms with Crippen LogP contribution in [0.4, 0.5) is 0 Å². The van der Waals surface area contributed by atoms with Crippen LogP contribution in [0.15, 0.2) is 48.5 Å². The molecule has 0 N–H and O–H groups in total. The van der Waals surface area contributed by atoms with Crippen molar-refractivity contribution in [2.24, 2.45) is 10.8 Å². The summed E-state index contributed by atoms with van der Waals surface area (Å²) in [6.07, 6.45) is 1.89. The van der Waals surface area contributed by atoms with Crippen molar-refractivity contribution in [1.82, 2.24) is 0 Å². The van der Waals surface area contributed by atoms with Gasteiger partial charge < -0.3 is 9.47 Å². The molecule has 3 rings (SSSR count). The van der Waals surface area contributed by atoms with Crippen LogP contribution in [0.2, 0.25) is 0 Å². The highest BCUT2D eigenvalue weighted by molar-refractivity contribution is 5.83. The van der Waals surface area contributed by atoms with Crippen LogP contribution in [-0.2, 0) is 24.8 Å². The third-order valence-corrected chi connectivity index (χ3v) is 5.53. The fraction of sp³-hybridized carbons (Fsp3) is 0.481. The van der Waals surface area contributed by atoms with Crippen molar-refractivity contribution in [3.63, 3.8) is 0 Å². The third kappa shape index (κ3) is 5.36. The standard InChI is InChI=1S/C27H34O4/c1-25(2,3)17-15-23(28)30-27(31-24(29)16-18-26(4,5)6)21-13-9-7-11-19(21)20-12-8-10-14-22(20)27/h7-14H,15-18H2,1-6H3. The number of hydrogen-bond donors (Lipinski definition) is 0. The van der Waals surface area contributed by atoms with Crippen molar-refractivity contribution >= 4 is 11.9 Å². The first-order valence-electron chi connectivity index (χ1n) is 11.0. The summed E-state index contributed by atoms with van der Waals surface area (Å²) < 4.78 is 12.1. The number of ether oxygens (including phenoxy) is 2. The molecule has 0 spiro atoms. The van der Waals surface area contributed by atoms with Crippen molar-refractivity contribution in [3.05, 3.63) is 59.7 Å². The first-order valence-corrected chi connectivity index (χ1v) is 11.0. The summed E-state index contributed by atoms with van der Waals surface area (Å²) in [7, 11) is 0. The maximum atomic E-state index is 13.0. The Morgan fingerprint density at radius 1 is 0.677 bits per heavy atom. The quantitative estimate of drug-likeness (QED) is 0.388. The van der Waals surface area contributed by atoms with E-state index < -0.39 is 5.79 Å². The Kier molecular flexibility index (Phi) is 6.31. The summed E-state index contributed by atoms with van der Waals surface area (Å²) in [5.74, 6) is -2.29. The molecular formula is C27H34O4. The number of fused-ring (bicyclic) bond motifs is 3. The van der Waals surface area contributed by atoms with Crippen LogP contribution in [0.25, 0.3) is 11.1 Å². The van der Waals surface area contributed by atoms with E-state index in [0.29, 0.717) is 24.0 Å². The van der Waals surface area contributed by atoms with Gasteiger partial charge >= 0.3 is 17.7 Å². The number of carbonyl (C=O) groups excluding carboxylic acids is 2. The maximum Gasteiger partial charge on any atom is 0.311 e. The molecule has 166 valence electrons. The summed E-state index contributed by atoms with van der Waals surface area (Å²) in [6, 6.07) is 15.3. The van der Waals surface area contributed by atoms with Gasteiger partial charge in [-0.1, -0.05) is 90.1 Å². The second-order valence-corrected chi connectivity index (χ2v) is 10.8. The summed E-state index contributed by atoms with van der Waals surface area (Å²) in [5.41, 5.74) is 3.24. The van der Waals surface area contributed by atoms with E-state index in [1.165, 1.54) is 0 Å². The van der Waals surface area contributed by atoms with Crippen molar-refractivity contribution in [2.45, 2.75) is 73.0 Å². The zero-order chi connectivity index (χ0) is 22.9. The molecule has 0 heterocycles. The Bertz CT molecular complexity index is 880. The molecule has 1 aliphatic rings. The lowest BCUT2D eigenvalue weighted by Crippen LogP contribution is -2.37.